The van der Waals surface area contributed by atoms with Crippen molar-refractivity contribution in [1.82, 2.24) is 5.32 Å². The zero-order valence-electron chi connectivity index (χ0n) is 16.0. The van der Waals surface area contributed by atoms with Crippen molar-refractivity contribution in [2.24, 2.45) is 0 Å². The number of halogens is 1. The molecule has 0 saturated carbocycles. The van der Waals surface area contributed by atoms with Crippen molar-refractivity contribution in [3.05, 3.63) is 95.0 Å². The fourth-order valence-corrected chi connectivity index (χ4v) is 2.99. The second kappa shape index (κ2) is 9.75. The number of rotatable bonds is 7. The molecule has 0 aliphatic heterocycles. The Balaban J connectivity index is 1.60. The van der Waals surface area contributed by atoms with Crippen LogP contribution in [0.3, 0.4) is 0 Å². The van der Waals surface area contributed by atoms with E-state index in [-0.39, 0.29) is 24.4 Å². The normalized spacial score (nSPS) is 11.4. The number of hydrogen-bond acceptors (Lipinski definition) is 3. The average molecular weight is 408 g/mol. The Labute approximate surface area is 175 Å². The lowest BCUT2D eigenvalue weighted by atomic mass is 10.1. The maximum Gasteiger partial charge on any atom is 0.257 e. The predicted molar refractivity (Wildman–Crippen MR) is 117 cm³/mol. The highest BCUT2D eigenvalue weighted by atomic mass is 35.5. The molecule has 2 amide bonds. The van der Waals surface area contributed by atoms with Crippen LogP contribution < -0.4 is 16.0 Å². The third-order valence-electron chi connectivity index (χ3n) is 4.39. The van der Waals surface area contributed by atoms with Crippen molar-refractivity contribution >= 4 is 34.8 Å². The van der Waals surface area contributed by atoms with Gasteiger partial charge in [-0.2, -0.15) is 0 Å². The van der Waals surface area contributed by atoms with Crippen molar-refractivity contribution in [1.29, 1.82) is 0 Å². The molecule has 29 heavy (non-hydrogen) atoms. The molecule has 3 aromatic carbocycles. The number of anilines is 2. The molecular weight excluding hydrogens is 386 g/mol. The minimum absolute atomic E-state index is 0.0579. The van der Waals surface area contributed by atoms with Gasteiger partial charge in [0.2, 0.25) is 5.91 Å². The zero-order valence-corrected chi connectivity index (χ0v) is 16.7. The monoisotopic (exact) mass is 407 g/mol. The molecule has 0 bridgehead atoms. The van der Waals surface area contributed by atoms with E-state index < -0.39 is 0 Å². The maximum absolute atomic E-state index is 12.6. The second-order valence-corrected chi connectivity index (χ2v) is 7.00. The zero-order chi connectivity index (χ0) is 20.6. The van der Waals surface area contributed by atoms with E-state index in [9.17, 15) is 9.59 Å². The van der Waals surface area contributed by atoms with Gasteiger partial charge >= 0.3 is 0 Å². The molecule has 6 heteroatoms. The summed E-state index contributed by atoms with van der Waals surface area (Å²) >= 11 is 5.88. The summed E-state index contributed by atoms with van der Waals surface area (Å²) in [6.45, 7) is 1.99. The molecule has 3 aromatic rings. The summed E-state index contributed by atoms with van der Waals surface area (Å²) in [5.74, 6) is -0.428. The molecule has 0 aliphatic rings. The van der Waals surface area contributed by atoms with Crippen LogP contribution in [0.15, 0.2) is 78.9 Å². The van der Waals surface area contributed by atoms with E-state index in [0.29, 0.717) is 22.0 Å². The van der Waals surface area contributed by atoms with Crippen molar-refractivity contribution in [2.45, 2.75) is 13.0 Å². The van der Waals surface area contributed by atoms with Crippen LogP contribution in [0.2, 0.25) is 5.02 Å². The van der Waals surface area contributed by atoms with Crippen LogP contribution in [-0.2, 0) is 4.79 Å². The van der Waals surface area contributed by atoms with Gasteiger partial charge in [0.05, 0.1) is 18.2 Å². The van der Waals surface area contributed by atoms with Crippen LogP contribution >= 0.6 is 11.6 Å². The molecule has 0 aliphatic carbocycles. The summed E-state index contributed by atoms with van der Waals surface area (Å²) in [5, 5.41) is 9.42. The Morgan fingerprint density at radius 3 is 2.28 bits per heavy atom. The van der Waals surface area contributed by atoms with Gasteiger partial charge in [-0.3, -0.25) is 9.59 Å². The number of hydrogen-bond donors (Lipinski definition) is 3. The number of benzene rings is 3. The van der Waals surface area contributed by atoms with Gasteiger partial charge in [0.1, 0.15) is 0 Å². The third-order valence-corrected chi connectivity index (χ3v) is 4.64. The van der Waals surface area contributed by atoms with E-state index in [4.69, 9.17) is 11.6 Å². The van der Waals surface area contributed by atoms with Crippen molar-refractivity contribution in [2.75, 3.05) is 17.2 Å². The predicted octanol–water partition coefficient (Wildman–Crippen LogP) is 4.88. The number of para-hydroxylation sites is 1. The molecule has 3 rings (SSSR count). The van der Waals surface area contributed by atoms with Gasteiger partial charge in [0.25, 0.3) is 5.91 Å². The van der Waals surface area contributed by atoms with E-state index in [1.54, 1.807) is 42.5 Å². The van der Waals surface area contributed by atoms with Crippen LogP contribution in [0.25, 0.3) is 0 Å². The number of amides is 2. The van der Waals surface area contributed by atoms with Crippen LogP contribution in [-0.4, -0.2) is 18.4 Å². The quantitative estimate of drug-likeness (QED) is 0.522. The van der Waals surface area contributed by atoms with Crippen LogP contribution in [0.4, 0.5) is 11.4 Å². The first-order valence-corrected chi connectivity index (χ1v) is 9.65. The molecule has 1 atom stereocenters. The average Bonchev–Trinajstić information content (AvgIpc) is 2.74. The van der Waals surface area contributed by atoms with Gasteiger partial charge in [-0.25, -0.2) is 0 Å². The highest BCUT2D eigenvalue weighted by Crippen LogP contribution is 2.19. The number of carbonyl (C=O) groups is 2. The summed E-state index contributed by atoms with van der Waals surface area (Å²) in [6.07, 6.45) is 0. The SMILES string of the molecule is C[C@H](NC(=O)CNc1ccccc1C(=O)Nc1ccc(Cl)cc1)c1ccccc1. The Hall–Kier alpha value is -3.31. The van der Waals surface area contributed by atoms with Gasteiger partial charge in [-0.15, -0.1) is 0 Å². The molecule has 3 N–H and O–H groups in total. The largest absolute Gasteiger partial charge is 0.376 e. The highest BCUT2D eigenvalue weighted by Gasteiger charge is 2.13. The summed E-state index contributed by atoms with van der Waals surface area (Å²) in [4.78, 5) is 25.0. The highest BCUT2D eigenvalue weighted by molar-refractivity contribution is 6.30. The molecule has 0 radical (unpaired) electrons. The minimum Gasteiger partial charge on any atom is -0.376 e. The Bertz CT molecular complexity index is 975. The van der Waals surface area contributed by atoms with Gasteiger partial charge < -0.3 is 16.0 Å². The molecule has 0 heterocycles. The lowest BCUT2D eigenvalue weighted by Gasteiger charge is -2.16. The molecule has 0 aromatic heterocycles. The van der Waals surface area contributed by atoms with E-state index in [1.807, 2.05) is 43.3 Å². The van der Waals surface area contributed by atoms with Crippen LogP contribution in [0.1, 0.15) is 28.9 Å². The first-order valence-electron chi connectivity index (χ1n) is 9.27. The lowest BCUT2D eigenvalue weighted by molar-refractivity contribution is -0.120. The lowest BCUT2D eigenvalue weighted by Crippen LogP contribution is -2.32. The molecule has 0 saturated heterocycles. The van der Waals surface area contributed by atoms with Crippen molar-refractivity contribution < 1.29 is 9.59 Å². The first-order chi connectivity index (χ1) is 14.0. The standard InChI is InChI=1S/C23H22ClN3O2/c1-16(17-7-3-2-4-8-17)26-22(28)15-25-21-10-6-5-9-20(21)23(29)27-19-13-11-18(24)12-14-19/h2-14,16,25H,15H2,1H3,(H,26,28)(H,27,29)/t16-/m0/s1. The summed E-state index contributed by atoms with van der Waals surface area (Å²) in [6, 6.07) is 23.6. The number of carbonyl (C=O) groups excluding carboxylic acids is 2. The summed E-state index contributed by atoms with van der Waals surface area (Å²) in [7, 11) is 0. The molecule has 0 unspecified atom stereocenters. The Morgan fingerprint density at radius 1 is 0.897 bits per heavy atom. The third kappa shape index (κ3) is 5.83. The second-order valence-electron chi connectivity index (χ2n) is 6.56. The van der Waals surface area contributed by atoms with E-state index >= 15 is 0 Å². The van der Waals surface area contributed by atoms with Gasteiger partial charge in [0.15, 0.2) is 0 Å². The smallest absolute Gasteiger partial charge is 0.257 e. The van der Waals surface area contributed by atoms with E-state index in [0.717, 1.165) is 5.56 Å². The maximum atomic E-state index is 12.6. The van der Waals surface area contributed by atoms with Crippen molar-refractivity contribution in [3.63, 3.8) is 0 Å². The summed E-state index contributed by atoms with van der Waals surface area (Å²) in [5.41, 5.74) is 2.71. The molecule has 0 fully saturated rings. The Morgan fingerprint density at radius 2 is 1.55 bits per heavy atom. The first kappa shape index (κ1) is 20.4. The van der Waals surface area contributed by atoms with Crippen molar-refractivity contribution in [3.8, 4) is 0 Å². The minimum atomic E-state index is -0.270. The molecule has 148 valence electrons. The van der Waals surface area contributed by atoms with Gasteiger partial charge in [-0.05, 0) is 48.9 Å². The fraction of sp³-hybridized carbons (Fsp3) is 0.130. The number of nitrogens with one attached hydrogen (secondary N) is 3. The molecule has 5 nitrogen and oxygen atoms in total. The van der Waals surface area contributed by atoms with E-state index in [1.165, 1.54) is 0 Å². The molecule has 0 spiro atoms. The van der Waals surface area contributed by atoms with Gasteiger partial charge in [-0.1, -0.05) is 54.1 Å². The van der Waals surface area contributed by atoms with E-state index in [2.05, 4.69) is 16.0 Å². The van der Waals surface area contributed by atoms with Crippen LogP contribution in [0, 0.1) is 0 Å². The topological polar surface area (TPSA) is 70.2 Å². The summed E-state index contributed by atoms with van der Waals surface area (Å²) < 4.78 is 0. The molecular formula is C23H22ClN3O2. The Kier molecular flexibility index (Phi) is 6.87. The fourth-order valence-electron chi connectivity index (χ4n) is 2.86. The van der Waals surface area contributed by atoms with Crippen LogP contribution in [0.5, 0.6) is 0 Å². The van der Waals surface area contributed by atoms with Gasteiger partial charge in [0, 0.05) is 16.4 Å².